The maximum atomic E-state index is 13.2. The molecular weight excluding hydrogens is 386 g/mol. The summed E-state index contributed by atoms with van der Waals surface area (Å²) < 4.78 is 16.2. The number of aromatic nitrogens is 1. The first-order chi connectivity index (χ1) is 14.6. The monoisotopic (exact) mass is 413 g/mol. The van der Waals surface area contributed by atoms with Crippen molar-refractivity contribution in [2.24, 2.45) is 0 Å². The summed E-state index contributed by atoms with van der Waals surface area (Å²) in [7, 11) is 3.14. The van der Waals surface area contributed by atoms with Gasteiger partial charge >= 0.3 is 0 Å². The van der Waals surface area contributed by atoms with Gasteiger partial charge in [-0.1, -0.05) is 5.16 Å². The van der Waals surface area contributed by atoms with Crippen molar-refractivity contribution >= 4 is 11.8 Å². The fourth-order valence-corrected chi connectivity index (χ4v) is 4.24. The van der Waals surface area contributed by atoms with E-state index in [2.05, 4.69) is 5.16 Å². The molecule has 2 saturated heterocycles. The zero-order valence-corrected chi connectivity index (χ0v) is 17.4. The molecule has 2 fully saturated rings. The molecule has 30 heavy (non-hydrogen) atoms. The van der Waals surface area contributed by atoms with Crippen molar-refractivity contribution in [3.8, 4) is 22.8 Å². The molecule has 0 spiro atoms. The summed E-state index contributed by atoms with van der Waals surface area (Å²) in [5.74, 6) is 1.42. The predicted molar refractivity (Wildman–Crippen MR) is 110 cm³/mol. The molecule has 0 bridgehead atoms. The number of rotatable bonds is 5. The first kappa shape index (κ1) is 20.3. The average molecular weight is 413 g/mol. The Kier molecular flexibility index (Phi) is 5.92. The first-order valence-corrected chi connectivity index (χ1v) is 10.4. The number of hydrogen-bond donors (Lipinski definition) is 0. The zero-order valence-electron chi connectivity index (χ0n) is 17.4. The Morgan fingerprint density at radius 2 is 1.80 bits per heavy atom. The van der Waals surface area contributed by atoms with Gasteiger partial charge in [0.2, 0.25) is 5.91 Å². The number of methoxy groups -OCH3 is 2. The van der Waals surface area contributed by atoms with Gasteiger partial charge in [0, 0.05) is 25.7 Å². The summed E-state index contributed by atoms with van der Waals surface area (Å²) in [6.07, 6.45) is 4.57. The third-order valence-corrected chi connectivity index (χ3v) is 5.87. The van der Waals surface area contributed by atoms with Crippen LogP contribution in [0.3, 0.4) is 0 Å². The van der Waals surface area contributed by atoms with Crippen LogP contribution < -0.4 is 9.47 Å². The van der Waals surface area contributed by atoms with Crippen LogP contribution in [0.25, 0.3) is 11.3 Å². The van der Waals surface area contributed by atoms with E-state index < -0.39 is 6.04 Å². The van der Waals surface area contributed by atoms with Crippen LogP contribution in [0.1, 0.15) is 42.6 Å². The molecule has 0 aliphatic carbocycles. The maximum Gasteiger partial charge on any atom is 0.276 e. The molecule has 4 rings (SSSR count). The van der Waals surface area contributed by atoms with Crippen molar-refractivity contribution in [1.82, 2.24) is 15.0 Å². The van der Waals surface area contributed by atoms with E-state index in [4.69, 9.17) is 14.0 Å². The minimum atomic E-state index is -0.421. The Labute approximate surface area is 175 Å². The molecule has 1 atom stereocenters. The normalized spacial score (nSPS) is 19.1. The van der Waals surface area contributed by atoms with Gasteiger partial charge in [0.15, 0.2) is 11.5 Å². The number of benzene rings is 1. The molecule has 2 aromatic rings. The molecule has 8 heteroatoms. The molecule has 8 nitrogen and oxygen atoms in total. The number of likely N-dealkylation sites (tertiary alicyclic amines) is 2. The number of nitrogens with zero attached hydrogens (tertiary/aromatic N) is 3. The molecular formula is C22H27N3O5. The minimum absolute atomic E-state index is 0.0544. The highest BCUT2D eigenvalue weighted by Gasteiger charge is 2.37. The first-order valence-electron chi connectivity index (χ1n) is 10.4. The van der Waals surface area contributed by atoms with Crippen LogP contribution in [0, 0.1) is 0 Å². The van der Waals surface area contributed by atoms with E-state index in [1.807, 2.05) is 4.90 Å². The molecule has 0 unspecified atom stereocenters. The summed E-state index contributed by atoms with van der Waals surface area (Å²) in [5.41, 5.74) is 0.836. The third-order valence-electron chi connectivity index (χ3n) is 5.87. The average Bonchev–Trinajstić information content (AvgIpc) is 3.50. The highest BCUT2D eigenvalue weighted by molar-refractivity contribution is 5.97. The van der Waals surface area contributed by atoms with E-state index in [-0.39, 0.29) is 17.5 Å². The van der Waals surface area contributed by atoms with Gasteiger partial charge in [0.25, 0.3) is 5.91 Å². The number of hydrogen-bond acceptors (Lipinski definition) is 6. The Hall–Kier alpha value is -3.03. The summed E-state index contributed by atoms with van der Waals surface area (Å²) >= 11 is 0. The SMILES string of the molecule is COc1ccc(OC)c(-c2cc(C(=O)N3CCCC[C@@H]3C(=O)N3CCCC3)no2)c1. The quantitative estimate of drug-likeness (QED) is 0.749. The van der Waals surface area contributed by atoms with E-state index >= 15 is 0 Å². The topological polar surface area (TPSA) is 85.1 Å². The molecule has 160 valence electrons. The van der Waals surface area contributed by atoms with Gasteiger partial charge in [-0.15, -0.1) is 0 Å². The van der Waals surface area contributed by atoms with Gasteiger partial charge in [0.1, 0.15) is 17.5 Å². The second kappa shape index (κ2) is 8.77. The van der Waals surface area contributed by atoms with Crippen LogP contribution in [-0.4, -0.2) is 66.7 Å². The van der Waals surface area contributed by atoms with Crippen LogP contribution in [0.5, 0.6) is 11.5 Å². The van der Waals surface area contributed by atoms with Crippen LogP contribution >= 0.6 is 0 Å². The van der Waals surface area contributed by atoms with Crippen LogP contribution in [-0.2, 0) is 4.79 Å². The summed E-state index contributed by atoms with van der Waals surface area (Å²) in [5, 5.41) is 4.00. The molecule has 0 saturated carbocycles. The summed E-state index contributed by atoms with van der Waals surface area (Å²) in [4.78, 5) is 29.8. The lowest BCUT2D eigenvalue weighted by atomic mass is 10.00. The lowest BCUT2D eigenvalue weighted by Gasteiger charge is -2.36. The standard InChI is InChI=1S/C22H27N3O5/c1-28-15-8-9-19(29-2)16(13-15)20-14-17(23-30-20)21(26)25-12-4-3-7-18(25)22(27)24-10-5-6-11-24/h8-9,13-14,18H,3-7,10-12H2,1-2H3/t18-/m1/s1. The van der Waals surface area contributed by atoms with Crippen molar-refractivity contribution in [1.29, 1.82) is 0 Å². The van der Waals surface area contributed by atoms with Gasteiger partial charge in [0.05, 0.1) is 19.8 Å². The largest absolute Gasteiger partial charge is 0.497 e. The van der Waals surface area contributed by atoms with Crippen molar-refractivity contribution in [2.45, 2.75) is 38.1 Å². The Morgan fingerprint density at radius 1 is 1.03 bits per heavy atom. The summed E-state index contributed by atoms with van der Waals surface area (Å²) in [6.45, 7) is 2.11. The molecule has 2 aliphatic rings. The molecule has 0 radical (unpaired) electrons. The fraction of sp³-hybridized carbons (Fsp3) is 0.500. The van der Waals surface area contributed by atoms with E-state index in [0.717, 1.165) is 38.8 Å². The smallest absolute Gasteiger partial charge is 0.276 e. The fourth-order valence-electron chi connectivity index (χ4n) is 4.24. The van der Waals surface area contributed by atoms with Crippen LogP contribution in [0.15, 0.2) is 28.8 Å². The highest BCUT2D eigenvalue weighted by atomic mass is 16.5. The number of carbonyl (C=O) groups is 2. The van der Waals surface area contributed by atoms with Crippen molar-refractivity contribution < 1.29 is 23.6 Å². The molecule has 1 aromatic heterocycles. The lowest BCUT2D eigenvalue weighted by Crippen LogP contribution is -2.52. The second-order valence-corrected chi connectivity index (χ2v) is 7.69. The van der Waals surface area contributed by atoms with Gasteiger partial charge < -0.3 is 23.8 Å². The Bertz CT molecular complexity index is 919. The van der Waals surface area contributed by atoms with Gasteiger partial charge in [-0.25, -0.2) is 0 Å². The van der Waals surface area contributed by atoms with Crippen LogP contribution in [0.2, 0.25) is 0 Å². The Balaban J connectivity index is 1.58. The highest BCUT2D eigenvalue weighted by Crippen LogP contribution is 2.34. The molecule has 2 amide bonds. The third kappa shape index (κ3) is 3.86. The van der Waals surface area contributed by atoms with E-state index in [0.29, 0.717) is 35.8 Å². The molecule has 1 aromatic carbocycles. The second-order valence-electron chi connectivity index (χ2n) is 7.69. The number of amides is 2. The van der Waals surface area contributed by atoms with Crippen molar-refractivity contribution in [3.63, 3.8) is 0 Å². The molecule has 2 aliphatic heterocycles. The number of ether oxygens (including phenoxy) is 2. The number of piperidine rings is 1. The summed E-state index contributed by atoms with van der Waals surface area (Å²) in [6, 6.07) is 6.51. The predicted octanol–water partition coefficient (Wildman–Crippen LogP) is 2.98. The van der Waals surface area contributed by atoms with E-state index in [9.17, 15) is 9.59 Å². The molecule has 3 heterocycles. The lowest BCUT2D eigenvalue weighted by molar-refractivity contribution is -0.136. The van der Waals surface area contributed by atoms with Gasteiger partial charge in [-0.3, -0.25) is 9.59 Å². The molecule has 0 N–H and O–H groups in total. The van der Waals surface area contributed by atoms with Crippen molar-refractivity contribution in [3.05, 3.63) is 30.0 Å². The zero-order chi connectivity index (χ0) is 21.1. The van der Waals surface area contributed by atoms with Crippen LogP contribution in [0.4, 0.5) is 0 Å². The van der Waals surface area contributed by atoms with Gasteiger partial charge in [-0.05, 0) is 50.3 Å². The Morgan fingerprint density at radius 3 is 2.53 bits per heavy atom. The van der Waals surface area contributed by atoms with Gasteiger partial charge in [-0.2, -0.15) is 0 Å². The number of carbonyl (C=O) groups excluding carboxylic acids is 2. The van der Waals surface area contributed by atoms with Crippen molar-refractivity contribution in [2.75, 3.05) is 33.9 Å². The minimum Gasteiger partial charge on any atom is -0.497 e. The van der Waals surface area contributed by atoms with E-state index in [1.165, 1.54) is 0 Å². The maximum absolute atomic E-state index is 13.2. The van der Waals surface area contributed by atoms with E-state index in [1.54, 1.807) is 43.4 Å².